The smallest absolute Gasteiger partial charge is 0.306 e. The highest BCUT2D eigenvalue weighted by atomic mass is 16.5. The van der Waals surface area contributed by atoms with Gasteiger partial charge in [-0.3, -0.25) is 9.59 Å². The molecule has 1 amide bonds. The highest BCUT2D eigenvalue weighted by Crippen LogP contribution is 2.17. The van der Waals surface area contributed by atoms with Crippen molar-refractivity contribution in [3.8, 4) is 0 Å². The van der Waals surface area contributed by atoms with Gasteiger partial charge in [-0.2, -0.15) is 0 Å². The summed E-state index contributed by atoms with van der Waals surface area (Å²) in [7, 11) is 0. The standard InChI is InChI=1S/C49H93NO5/c1-4-7-10-13-16-19-21-22-23-24-25-27-29-32-35-38-41-47(52)46(44-51)50-48(53)43-45(40-37-34-31-28-18-15-12-9-6-3)55-49(54)42-39-36-33-30-26-20-17-14-11-8-5-2/h14-15,17-18,45-47,51-52H,4-13,16,19-44H2,1-3H3,(H,50,53)/b17-14-,18-15-. The summed E-state index contributed by atoms with van der Waals surface area (Å²) in [5.74, 6) is -0.497. The highest BCUT2D eigenvalue weighted by molar-refractivity contribution is 5.77. The number of amides is 1. The molecule has 0 bridgehead atoms. The van der Waals surface area contributed by atoms with Crippen LogP contribution >= 0.6 is 0 Å². The molecule has 0 spiro atoms. The highest BCUT2D eigenvalue weighted by Gasteiger charge is 2.24. The van der Waals surface area contributed by atoms with Gasteiger partial charge in [-0.25, -0.2) is 0 Å². The van der Waals surface area contributed by atoms with Crippen molar-refractivity contribution in [3.05, 3.63) is 24.3 Å². The van der Waals surface area contributed by atoms with E-state index in [2.05, 4.69) is 50.4 Å². The maximum absolute atomic E-state index is 13.1. The quantitative estimate of drug-likeness (QED) is 0.0326. The third-order valence-corrected chi connectivity index (χ3v) is 11.0. The molecule has 0 saturated carbocycles. The zero-order valence-corrected chi connectivity index (χ0v) is 36.8. The van der Waals surface area contributed by atoms with Crippen molar-refractivity contribution in [1.29, 1.82) is 0 Å². The Hall–Kier alpha value is -1.66. The van der Waals surface area contributed by atoms with E-state index in [9.17, 15) is 19.8 Å². The van der Waals surface area contributed by atoms with Crippen LogP contribution in [-0.2, 0) is 14.3 Å². The maximum Gasteiger partial charge on any atom is 0.306 e. The molecule has 0 fully saturated rings. The van der Waals surface area contributed by atoms with Crippen molar-refractivity contribution in [3.63, 3.8) is 0 Å². The van der Waals surface area contributed by atoms with Crippen LogP contribution in [0.1, 0.15) is 252 Å². The molecule has 0 aliphatic rings. The fourth-order valence-electron chi connectivity index (χ4n) is 7.27. The topological polar surface area (TPSA) is 95.9 Å². The van der Waals surface area contributed by atoms with E-state index >= 15 is 0 Å². The van der Waals surface area contributed by atoms with E-state index in [0.717, 1.165) is 70.6 Å². The maximum atomic E-state index is 13.1. The zero-order valence-electron chi connectivity index (χ0n) is 36.8. The minimum absolute atomic E-state index is 0.0662. The Morgan fingerprint density at radius 1 is 0.509 bits per heavy atom. The molecule has 0 saturated heterocycles. The van der Waals surface area contributed by atoms with Gasteiger partial charge in [0.25, 0.3) is 0 Å². The number of ether oxygens (including phenoxy) is 1. The Morgan fingerprint density at radius 2 is 0.891 bits per heavy atom. The van der Waals surface area contributed by atoms with Crippen molar-refractivity contribution in [1.82, 2.24) is 5.32 Å². The zero-order chi connectivity index (χ0) is 40.3. The second kappa shape index (κ2) is 43.5. The lowest BCUT2D eigenvalue weighted by Gasteiger charge is -2.24. The first-order valence-electron chi connectivity index (χ1n) is 24.1. The number of unbranched alkanes of at least 4 members (excludes halogenated alkanes) is 27. The second-order valence-corrected chi connectivity index (χ2v) is 16.5. The van der Waals surface area contributed by atoms with Crippen LogP contribution in [0, 0.1) is 0 Å². The molecule has 324 valence electrons. The number of nitrogens with one attached hydrogen (secondary N) is 1. The van der Waals surface area contributed by atoms with Gasteiger partial charge in [0.1, 0.15) is 6.10 Å². The Labute approximate surface area is 341 Å². The Morgan fingerprint density at radius 3 is 1.36 bits per heavy atom. The molecule has 0 aromatic heterocycles. The van der Waals surface area contributed by atoms with E-state index in [1.54, 1.807) is 0 Å². The Balaban J connectivity index is 4.44. The molecule has 0 aliphatic carbocycles. The molecule has 6 heteroatoms. The summed E-state index contributed by atoms with van der Waals surface area (Å²) in [6, 6.07) is -0.702. The number of rotatable bonds is 43. The average molecular weight is 776 g/mol. The monoisotopic (exact) mass is 776 g/mol. The summed E-state index contributed by atoms with van der Waals surface area (Å²) in [4.78, 5) is 25.9. The minimum Gasteiger partial charge on any atom is -0.462 e. The van der Waals surface area contributed by atoms with Gasteiger partial charge in [0.2, 0.25) is 5.91 Å². The molecule has 3 atom stereocenters. The molecule has 55 heavy (non-hydrogen) atoms. The van der Waals surface area contributed by atoms with E-state index in [1.165, 1.54) is 135 Å². The average Bonchev–Trinajstić information content (AvgIpc) is 3.18. The second-order valence-electron chi connectivity index (χ2n) is 16.5. The first-order valence-corrected chi connectivity index (χ1v) is 24.1. The first kappa shape index (κ1) is 53.3. The summed E-state index contributed by atoms with van der Waals surface area (Å²) < 4.78 is 5.88. The summed E-state index contributed by atoms with van der Waals surface area (Å²) in [5, 5.41) is 23.7. The van der Waals surface area contributed by atoms with Gasteiger partial charge < -0.3 is 20.3 Å². The fourth-order valence-corrected chi connectivity index (χ4v) is 7.27. The Bertz CT molecular complexity index is 873. The van der Waals surface area contributed by atoms with Crippen LogP contribution in [0.25, 0.3) is 0 Å². The molecular formula is C49H93NO5. The van der Waals surface area contributed by atoms with Gasteiger partial charge in [-0.15, -0.1) is 0 Å². The van der Waals surface area contributed by atoms with Crippen molar-refractivity contribution >= 4 is 11.9 Å². The lowest BCUT2D eigenvalue weighted by Crippen LogP contribution is -2.46. The van der Waals surface area contributed by atoms with Crippen LogP contribution in [0.15, 0.2) is 24.3 Å². The molecule has 0 aromatic carbocycles. The Kier molecular flexibility index (Phi) is 42.2. The predicted molar refractivity (Wildman–Crippen MR) is 236 cm³/mol. The third kappa shape index (κ3) is 39.0. The van der Waals surface area contributed by atoms with Crippen LogP contribution in [0.4, 0.5) is 0 Å². The normalized spacial score (nSPS) is 13.5. The first-order chi connectivity index (χ1) is 27.0. The third-order valence-electron chi connectivity index (χ3n) is 11.0. The van der Waals surface area contributed by atoms with Gasteiger partial charge in [0.05, 0.1) is 25.2 Å². The van der Waals surface area contributed by atoms with Gasteiger partial charge in [-0.1, -0.05) is 199 Å². The molecule has 0 heterocycles. The van der Waals surface area contributed by atoms with Gasteiger partial charge >= 0.3 is 5.97 Å². The van der Waals surface area contributed by atoms with Crippen LogP contribution in [0.2, 0.25) is 0 Å². The van der Waals surface area contributed by atoms with Crippen LogP contribution < -0.4 is 5.32 Å². The van der Waals surface area contributed by atoms with Crippen molar-refractivity contribution < 1.29 is 24.5 Å². The van der Waals surface area contributed by atoms with Gasteiger partial charge in [-0.05, 0) is 64.2 Å². The van der Waals surface area contributed by atoms with Crippen LogP contribution in [-0.4, -0.2) is 46.9 Å². The van der Waals surface area contributed by atoms with Gasteiger partial charge in [0, 0.05) is 6.42 Å². The summed E-state index contributed by atoms with van der Waals surface area (Å²) >= 11 is 0. The van der Waals surface area contributed by atoms with Crippen LogP contribution in [0.3, 0.4) is 0 Å². The fraction of sp³-hybridized carbons (Fsp3) is 0.878. The number of carbonyl (C=O) groups excluding carboxylic acids is 2. The minimum atomic E-state index is -0.788. The predicted octanol–water partition coefficient (Wildman–Crippen LogP) is 14.0. The number of aliphatic hydroxyl groups is 2. The lowest BCUT2D eigenvalue weighted by molar-refractivity contribution is -0.151. The molecule has 0 radical (unpaired) electrons. The molecule has 3 N–H and O–H groups in total. The molecule has 3 unspecified atom stereocenters. The number of carbonyl (C=O) groups is 2. The van der Waals surface area contributed by atoms with E-state index in [4.69, 9.17) is 4.74 Å². The molecule has 0 rings (SSSR count). The SMILES string of the molecule is CCCC/C=C\CCCCCCCC(=O)OC(CCCCC/C=C\CCCC)CC(=O)NC(CO)C(O)CCCCCCCCCCCCCCCCCC. The number of allylic oxidation sites excluding steroid dienone is 4. The number of hydrogen-bond acceptors (Lipinski definition) is 5. The molecular weight excluding hydrogens is 683 g/mol. The summed E-state index contributed by atoms with van der Waals surface area (Å²) in [6.07, 6.45) is 48.1. The van der Waals surface area contributed by atoms with Crippen LogP contribution in [0.5, 0.6) is 0 Å². The van der Waals surface area contributed by atoms with E-state index in [1.807, 2.05) is 0 Å². The van der Waals surface area contributed by atoms with Crippen molar-refractivity contribution in [2.75, 3.05) is 6.61 Å². The summed E-state index contributed by atoms with van der Waals surface area (Å²) in [5.41, 5.74) is 0. The molecule has 0 aromatic rings. The van der Waals surface area contributed by atoms with E-state index in [0.29, 0.717) is 19.3 Å². The van der Waals surface area contributed by atoms with E-state index < -0.39 is 18.2 Å². The molecule has 6 nitrogen and oxygen atoms in total. The largest absolute Gasteiger partial charge is 0.462 e. The van der Waals surface area contributed by atoms with Gasteiger partial charge in [0.15, 0.2) is 0 Å². The van der Waals surface area contributed by atoms with E-state index in [-0.39, 0.29) is 24.9 Å². The van der Waals surface area contributed by atoms with Crippen molar-refractivity contribution in [2.24, 2.45) is 0 Å². The summed E-state index contributed by atoms with van der Waals surface area (Å²) in [6.45, 7) is 6.40. The lowest BCUT2D eigenvalue weighted by atomic mass is 10.0. The molecule has 0 aliphatic heterocycles. The number of hydrogen-bond donors (Lipinski definition) is 3. The number of esters is 1. The number of aliphatic hydroxyl groups excluding tert-OH is 2. The van der Waals surface area contributed by atoms with Crippen molar-refractivity contribution in [2.45, 2.75) is 270 Å².